The predicted octanol–water partition coefficient (Wildman–Crippen LogP) is 11.7. The molecule has 2 aromatic carbocycles. The zero-order chi connectivity index (χ0) is 75.6. The molecular weight excluding hydrogens is 1400 g/mol. The van der Waals surface area contributed by atoms with E-state index in [1.165, 1.54) is 22.0 Å². The van der Waals surface area contributed by atoms with Crippen LogP contribution in [0, 0.1) is 33.5 Å². The van der Waals surface area contributed by atoms with Crippen LogP contribution in [0.15, 0.2) is 97.1 Å². The summed E-state index contributed by atoms with van der Waals surface area (Å²) in [6, 6.07) is 8.67. The number of nitrogens with zero attached hydrogens (tertiary/aromatic N) is 6. The smallest absolute Gasteiger partial charge is 0.407 e. The topological polar surface area (TPSA) is 322 Å². The predicted molar refractivity (Wildman–Crippen MR) is 379 cm³/mol. The van der Waals surface area contributed by atoms with Crippen molar-refractivity contribution in [1.29, 1.82) is 0 Å². The average molecular weight is 1490 g/mol. The van der Waals surface area contributed by atoms with Gasteiger partial charge in [0.1, 0.15) is 24.3 Å². The van der Waals surface area contributed by atoms with Crippen molar-refractivity contribution in [2.24, 2.45) is 33.5 Å². The van der Waals surface area contributed by atoms with E-state index in [4.69, 9.17) is 18.9 Å². The molecule has 5 amide bonds. The van der Waals surface area contributed by atoms with Gasteiger partial charge < -0.3 is 44.5 Å². The summed E-state index contributed by atoms with van der Waals surface area (Å²) in [4.78, 5) is 130. The number of amides is 5. The number of Topliss-reactive ketones (excluding diaryl/α,β-unsaturated/α-hetero) is 2. The fraction of sp³-hybridized carbons (Fsp3) is 0.584. The Labute approximate surface area is 612 Å². The molecule has 5 fully saturated rings. The summed E-state index contributed by atoms with van der Waals surface area (Å²) in [5.74, 6) is -12.7. The average Bonchev–Trinajstić information content (AvgIpc) is 1.57. The molecule has 9 aliphatic rings. The number of carboxylic acids is 1. The van der Waals surface area contributed by atoms with Crippen LogP contribution >= 0.6 is 0 Å². The van der Waals surface area contributed by atoms with Crippen LogP contribution in [-0.2, 0) is 60.1 Å². The second kappa shape index (κ2) is 31.1. The lowest BCUT2D eigenvalue weighted by Crippen LogP contribution is -2.52. The van der Waals surface area contributed by atoms with Gasteiger partial charge in [-0.05, 0) is 149 Å². The minimum Gasteiger partial charge on any atom is -0.481 e. The minimum absolute atomic E-state index is 0.0181. The molecule has 2 aromatic heterocycles. The number of ketones is 2. The summed E-state index contributed by atoms with van der Waals surface area (Å²) in [6.07, 6.45) is 16.3. The number of para-hydroxylation sites is 4. The number of benzene rings is 2. The number of cyclic esters (lactones) is 2. The molecule has 3 aliphatic carbocycles. The van der Waals surface area contributed by atoms with Crippen molar-refractivity contribution in [2.75, 3.05) is 26.3 Å². The maximum atomic E-state index is 16.1. The zero-order valence-electron chi connectivity index (χ0n) is 60.1. The third-order valence-electron chi connectivity index (χ3n) is 21.9. The Morgan fingerprint density at radius 1 is 0.557 bits per heavy atom. The Morgan fingerprint density at radius 2 is 0.972 bits per heavy atom. The lowest BCUT2D eigenvalue weighted by molar-refractivity contribution is -0.147. The van der Waals surface area contributed by atoms with Gasteiger partial charge in [-0.15, -0.1) is 0 Å². The summed E-state index contributed by atoms with van der Waals surface area (Å²) in [5.41, 5.74) is -4.11. The number of aliphatic carboxylic acids is 1. The summed E-state index contributed by atoms with van der Waals surface area (Å²) >= 11 is 0. The summed E-state index contributed by atoms with van der Waals surface area (Å²) < 4.78 is 115. The van der Waals surface area contributed by atoms with E-state index in [0.29, 0.717) is 68.8 Å². The van der Waals surface area contributed by atoms with Crippen molar-refractivity contribution in [2.45, 2.75) is 222 Å². The molecule has 3 saturated carbocycles. The number of sulfonamides is 1. The zero-order valence-corrected chi connectivity index (χ0v) is 60.9. The van der Waals surface area contributed by atoms with Gasteiger partial charge in [-0.3, -0.25) is 33.5 Å². The highest BCUT2D eigenvalue weighted by Crippen LogP contribution is 2.59. The van der Waals surface area contributed by atoms with Crippen LogP contribution in [0.25, 0.3) is 22.1 Å². The van der Waals surface area contributed by atoms with E-state index in [-0.39, 0.29) is 101 Å². The Bertz CT molecular complexity index is 4300. The number of carbonyl (C=O) groups is 8. The normalized spacial score (nSPS) is 31.4. The number of alkyl carbamates (subject to hydrolysis) is 2. The van der Waals surface area contributed by atoms with E-state index in [0.717, 1.165) is 37.8 Å². The molecule has 0 radical (unpaired) electrons. The van der Waals surface area contributed by atoms with Gasteiger partial charge in [0.05, 0.1) is 76.5 Å². The number of hydrogen-bond donors (Lipinski definition) is 4. The summed E-state index contributed by atoms with van der Waals surface area (Å²) in [5, 5.41) is 15.0. The van der Waals surface area contributed by atoms with Crippen LogP contribution in [0.3, 0.4) is 0 Å². The Balaban J connectivity index is 0.000000200. The van der Waals surface area contributed by atoms with E-state index in [1.54, 1.807) is 48.5 Å². The number of allylic oxidation sites excluding steroid dienone is 8. The molecule has 4 aromatic rings. The van der Waals surface area contributed by atoms with Crippen molar-refractivity contribution < 1.29 is 88.4 Å². The van der Waals surface area contributed by atoms with Gasteiger partial charge in [-0.2, -0.15) is 17.6 Å². The third-order valence-corrected chi connectivity index (χ3v) is 23.7. The Kier molecular flexibility index (Phi) is 22.5. The maximum absolute atomic E-state index is 16.1. The number of fused-ring (bicyclic) bond motifs is 10. The number of aromatic nitrogens is 4. The molecule has 4 N–H and O–H groups in total. The molecule has 570 valence electrons. The second-order valence-electron chi connectivity index (χ2n) is 31.5. The molecule has 8 heterocycles. The molecule has 0 spiro atoms. The fourth-order valence-corrected chi connectivity index (χ4v) is 16.5. The third kappa shape index (κ3) is 17.9. The number of hydrogen-bond acceptors (Lipinski definition) is 18. The van der Waals surface area contributed by atoms with Crippen LogP contribution in [-0.4, -0.2) is 159 Å². The maximum Gasteiger partial charge on any atom is 0.407 e. The standard InChI is InChI=1S/C40H49F2N5O8S.C37H44F2N4O7/c1-38(2)18-10-11-19-40(41,42)33-34(44-29-14-9-8-13-28(29)43-33)55-26-20-31-32(48)22-39(36(50)46-56(52,53)27-16-17-27)21-25(39)12-6-4-3-5-7-15-30(35(49)47(31)23-26)45-37(51)54-24-38;1-35(2)16-10-11-17-37(38,39)30-31(41-26-14-9-8-13-25(26)40-30)50-24-18-28-29(44)20-36(33(46)47)19-23(36)12-6-4-3-5-7-15-27(32(45)43(28)21-24)42-34(48)49-22-35/h6,8-9,11-14,19,25-27,30-31H,3-5,7,10,15-18,20-24H2,1-2H3,(H,45,51)(H,46,50);6,8-9,11-14,17,23-24,27-28H,3-5,7,10,15-16,18-22H2,1-2H3,(H,42,48)(H,46,47)/b12-6-,19-11+;12-6-,17-11+/t25-,26-,30+,31+,39-;23-,24-,27+,28+,36-/m11/s1. The van der Waals surface area contributed by atoms with E-state index in [1.807, 2.05) is 52.0 Å². The first-order valence-electron chi connectivity index (χ1n) is 37.0. The first-order chi connectivity index (χ1) is 50.3. The van der Waals surface area contributed by atoms with Crippen LogP contribution in [0.2, 0.25) is 0 Å². The van der Waals surface area contributed by atoms with Crippen molar-refractivity contribution >= 4 is 79.5 Å². The van der Waals surface area contributed by atoms with Gasteiger partial charge in [0.25, 0.3) is 0 Å². The van der Waals surface area contributed by atoms with Crippen LogP contribution in [0.5, 0.6) is 11.8 Å². The lowest BCUT2D eigenvalue weighted by atomic mass is 9.88. The quantitative estimate of drug-likeness (QED) is 0.109. The number of nitrogens with one attached hydrogen (secondary N) is 3. The van der Waals surface area contributed by atoms with Crippen molar-refractivity contribution in [3.05, 3.63) is 109 Å². The number of ether oxygens (including phenoxy) is 4. The first-order valence-corrected chi connectivity index (χ1v) is 38.5. The monoisotopic (exact) mass is 1490 g/mol. The van der Waals surface area contributed by atoms with Crippen molar-refractivity contribution in [1.82, 2.24) is 45.1 Å². The molecule has 6 bridgehead atoms. The molecule has 106 heavy (non-hydrogen) atoms. The van der Waals surface area contributed by atoms with E-state index in [9.17, 15) is 51.9 Å². The number of halogens is 4. The second-order valence-corrected chi connectivity index (χ2v) is 33.5. The molecule has 2 saturated heterocycles. The summed E-state index contributed by atoms with van der Waals surface area (Å²) in [7, 11) is -3.92. The molecule has 0 unspecified atom stereocenters. The van der Waals surface area contributed by atoms with E-state index in [2.05, 4.69) is 35.3 Å². The molecular formula is C77H93F4N9O15S. The molecule has 29 heteroatoms. The van der Waals surface area contributed by atoms with Crippen molar-refractivity contribution in [3.8, 4) is 11.8 Å². The minimum atomic E-state index is -3.92. The highest BCUT2D eigenvalue weighted by atomic mass is 32.2. The molecule has 10 atom stereocenters. The number of carboxylic acid groups (broad SMARTS) is 1. The van der Waals surface area contributed by atoms with Gasteiger partial charge in [-0.1, -0.05) is 114 Å². The number of carbonyl (C=O) groups excluding carboxylic acids is 7. The first kappa shape index (κ1) is 76.7. The Morgan fingerprint density at radius 3 is 1.41 bits per heavy atom. The van der Waals surface area contributed by atoms with Crippen molar-refractivity contribution in [3.63, 3.8) is 0 Å². The van der Waals surface area contributed by atoms with Gasteiger partial charge >= 0.3 is 30.0 Å². The summed E-state index contributed by atoms with van der Waals surface area (Å²) in [6.45, 7) is 6.93. The van der Waals surface area contributed by atoms with Crippen LogP contribution < -0.4 is 24.8 Å². The highest BCUT2D eigenvalue weighted by molar-refractivity contribution is 7.91. The van der Waals surface area contributed by atoms with E-state index < -0.39 is 162 Å². The van der Waals surface area contributed by atoms with Gasteiger partial charge in [0.2, 0.25) is 39.5 Å². The highest BCUT2D eigenvalue weighted by Gasteiger charge is 2.63. The fourth-order valence-electron chi connectivity index (χ4n) is 15.1. The number of alkyl halides is 4. The van der Waals surface area contributed by atoms with Crippen LogP contribution in [0.1, 0.15) is 180 Å². The molecule has 13 rings (SSSR count). The van der Waals surface area contributed by atoms with Gasteiger partial charge in [-0.25, -0.2) is 37.9 Å². The Hall–Kier alpha value is -8.89. The lowest BCUT2D eigenvalue weighted by Gasteiger charge is -2.30. The molecule has 24 nitrogen and oxygen atoms in total. The van der Waals surface area contributed by atoms with E-state index >= 15 is 17.6 Å². The number of rotatable bonds is 4. The van der Waals surface area contributed by atoms with Gasteiger partial charge in [0, 0.05) is 25.7 Å². The largest absolute Gasteiger partial charge is 0.481 e. The molecule has 6 aliphatic heterocycles. The van der Waals surface area contributed by atoms with Gasteiger partial charge in [0.15, 0.2) is 23.0 Å². The SMILES string of the molecule is CC1(C)CC/C=C/C(F)(F)c2nc3ccccc3nc2O[C@@H]2C[C@H]3C(=O)C[C@]4(C(=O)NS(=O)(=O)C5CC5)C[C@H]4/C=C\CCCCC[C@H](NC(=O)OC1)C(=O)N3C2.CC1(C)CC/C=C/C(F)(F)c2nc3ccccc3nc2O[C@@H]2C[C@H]3C(=O)C[C@]4(C(=O)O)C[C@H]4/C=C\CCCCC[C@H](NC(=O)OC1)C(=O)N3C2. The van der Waals surface area contributed by atoms with Crippen LogP contribution in [0.4, 0.5) is 27.2 Å².